The molecule has 1 aliphatic rings. The molecule has 4 aromatic rings. The highest BCUT2D eigenvalue weighted by atomic mass is 35.5. The maximum Gasteiger partial charge on any atom is 0.327 e. The number of rotatable bonds is 6. The second kappa shape index (κ2) is 9.52. The zero-order valence-electron chi connectivity index (χ0n) is 18.4. The zero-order valence-corrected chi connectivity index (χ0v) is 19.1. The summed E-state index contributed by atoms with van der Waals surface area (Å²) in [6, 6.07) is 10.2. The summed E-state index contributed by atoms with van der Waals surface area (Å²) in [5, 5.41) is 8.33. The van der Waals surface area contributed by atoms with E-state index in [1.165, 1.54) is 6.07 Å². The number of nitrogens with one attached hydrogen (secondary N) is 1. The lowest BCUT2D eigenvalue weighted by molar-refractivity contribution is 0.157. The standard InChI is InChI=1S/C24H22ClF2N5O2/c1-32-10-8-14(9-11-32)13-33-23-20-21(16-4-2-3-5-17(16)25)30-31-22(20)28-24(29-23)34-19-7-6-15(26)12-18(19)27/h2-7,12,14H,8-11,13H2,1H3,(H,28,29,30,31). The van der Waals surface area contributed by atoms with Crippen LogP contribution >= 0.6 is 11.6 Å². The summed E-state index contributed by atoms with van der Waals surface area (Å²) in [7, 11) is 2.10. The maximum absolute atomic E-state index is 14.2. The van der Waals surface area contributed by atoms with Gasteiger partial charge in [0, 0.05) is 16.7 Å². The molecule has 1 aliphatic heterocycles. The molecule has 7 nitrogen and oxygen atoms in total. The topological polar surface area (TPSA) is 76.2 Å². The predicted octanol–water partition coefficient (Wildman–Crippen LogP) is 5.46. The Morgan fingerprint density at radius 2 is 1.91 bits per heavy atom. The molecule has 1 saturated heterocycles. The number of ether oxygens (including phenoxy) is 2. The van der Waals surface area contributed by atoms with E-state index >= 15 is 0 Å². The Hall–Kier alpha value is -3.30. The summed E-state index contributed by atoms with van der Waals surface area (Å²) in [6.45, 7) is 2.46. The van der Waals surface area contributed by atoms with Crippen molar-refractivity contribution in [1.29, 1.82) is 0 Å². The molecule has 1 N–H and O–H groups in total. The SMILES string of the molecule is CN1CCC(COc2nc(Oc3ccc(F)cc3F)nc3n[nH]c(-c4ccccc4Cl)c23)CC1. The molecular weight excluding hydrogens is 464 g/mol. The molecule has 0 atom stereocenters. The van der Waals surface area contributed by atoms with Gasteiger partial charge < -0.3 is 14.4 Å². The van der Waals surface area contributed by atoms with E-state index in [4.69, 9.17) is 21.1 Å². The molecule has 0 amide bonds. The Bertz CT molecular complexity index is 1320. The quantitative estimate of drug-likeness (QED) is 0.390. The van der Waals surface area contributed by atoms with Gasteiger partial charge in [-0.3, -0.25) is 5.10 Å². The average Bonchev–Trinajstić information content (AvgIpc) is 3.25. The van der Waals surface area contributed by atoms with Crippen molar-refractivity contribution in [3.63, 3.8) is 0 Å². The lowest BCUT2D eigenvalue weighted by Gasteiger charge is -2.28. The van der Waals surface area contributed by atoms with Crippen molar-refractivity contribution in [2.75, 3.05) is 26.7 Å². The highest BCUT2D eigenvalue weighted by Crippen LogP contribution is 2.37. The van der Waals surface area contributed by atoms with Crippen molar-refractivity contribution in [3.8, 4) is 28.9 Å². The van der Waals surface area contributed by atoms with E-state index in [0.29, 0.717) is 28.6 Å². The molecule has 5 rings (SSSR count). The van der Waals surface area contributed by atoms with Crippen LogP contribution in [0.15, 0.2) is 42.5 Å². The normalized spacial score (nSPS) is 15.1. The molecule has 0 aliphatic carbocycles. The third-order valence-electron chi connectivity index (χ3n) is 5.89. The van der Waals surface area contributed by atoms with Crippen molar-refractivity contribution in [2.45, 2.75) is 12.8 Å². The number of piperidine rings is 1. The van der Waals surface area contributed by atoms with Gasteiger partial charge in [0.15, 0.2) is 17.2 Å². The van der Waals surface area contributed by atoms with Crippen molar-refractivity contribution < 1.29 is 18.3 Å². The van der Waals surface area contributed by atoms with Crippen molar-refractivity contribution in [2.24, 2.45) is 5.92 Å². The maximum atomic E-state index is 14.2. The van der Waals surface area contributed by atoms with Crippen LogP contribution < -0.4 is 9.47 Å². The van der Waals surface area contributed by atoms with Crippen molar-refractivity contribution >= 4 is 22.6 Å². The van der Waals surface area contributed by atoms with Crippen LogP contribution in [0.1, 0.15) is 12.8 Å². The Labute approximate surface area is 199 Å². The van der Waals surface area contributed by atoms with Crippen LogP contribution in [0.4, 0.5) is 8.78 Å². The summed E-state index contributed by atoms with van der Waals surface area (Å²) in [4.78, 5) is 11.0. The number of fused-ring (bicyclic) bond motifs is 1. The van der Waals surface area contributed by atoms with E-state index in [-0.39, 0.29) is 23.3 Å². The van der Waals surface area contributed by atoms with Gasteiger partial charge in [-0.15, -0.1) is 0 Å². The lowest BCUT2D eigenvalue weighted by Crippen LogP contribution is -2.32. The Morgan fingerprint density at radius 3 is 2.68 bits per heavy atom. The highest BCUT2D eigenvalue weighted by Gasteiger charge is 2.23. The van der Waals surface area contributed by atoms with E-state index < -0.39 is 11.6 Å². The number of hydrogen-bond acceptors (Lipinski definition) is 6. The molecule has 1 fully saturated rings. The number of hydrogen-bond donors (Lipinski definition) is 1. The molecule has 176 valence electrons. The van der Waals surface area contributed by atoms with Crippen LogP contribution in [0.25, 0.3) is 22.3 Å². The molecule has 2 aromatic heterocycles. The van der Waals surface area contributed by atoms with Gasteiger partial charge in [-0.05, 0) is 57.1 Å². The fourth-order valence-corrected chi connectivity index (χ4v) is 4.20. The zero-order chi connectivity index (χ0) is 23.7. The second-order valence-corrected chi connectivity index (χ2v) is 8.73. The largest absolute Gasteiger partial charge is 0.477 e. The van der Waals surface area contributed by atoms with Crippen LogP contribution in [0.5, 0.6) is 17.6 Å². The summed E-state index contributed by atoms with van der Waals surface area (Å²) >= 11 is 6.42. The number of nitrogens with zero attached hydrogens (tertiary/aromatic N) is 4. The van der Waals surface area contributed by atoms with Crippen LogP contribution in [-0.2, 0) is 0 Å². The van der Waals surface area contributed by atoms with E-state index in [0.717, 1.165) is 43.6 Å². The van der Waals surface area contributed by atoms with Crippen LogP contribution in [-0.4, -0.2) is 51.8 Å². The number of halogens is 3. The fourth-order valence-electron chi connectivity index (χ4n) is 3.97. The highest BCUT2D eigenvalue weighted by molar-refractivity contribution is 6.33. The van der Waals surface area contributed by atoms with Gasteiger partial charge in [0.2, 0.25) is 5.88 Å². The number of likely N-dealkylation sites (tertiary alicyclic amines) is 1. The summed E-state index contributed by atoms with van der Waals surface area (Å²) < 4.78 is 39.1. The van der Waals surface area contributed by atoms with Crippen LogP contribution in [0, 0.1) is 17.6 Å². The van der Waals surface area contributed by atoms with E-state index in [1.54, 1.807) is 6.07 Å². The van der Waals surface area contributed by atoms with E-state index in [1.807, 2.05) is 18.2 Å². The molecule has 0 unspecified atom stereocenters. The van der Waals surface area contributed by atoms with E-state index in [2.05, 4.69) is 32.1 Å². The molecule has 0 spiro atoms. The number of H-pyrrole nitrogens is 1. The number of aromatic nitrogens is 4. The van der Waals surface area contributed by atoms with Gasteiger partial charge in [-0.1, -0.05) is 29.8 Å². The first-order chi connectivity index (χ1) is 16.5. The summed E-state index contributed by atoms with van der Waals surface area (Å²) in [5.74, 6) is -1.15. The molecule has 3 heterocycles. The first kappa shape index (κ1) is 22.5. The van der Waals surface area contributed by atoms with Gasteiger partial charge in [0.25, 0.3) is 0 Å². The Kier molecular flexibility index (Phi) is 6.30. The van der Waals surface area contributed by atoms with Gasteiger partial charge in [-0.2, -0.15) is 15.1 Å². The minimum atomic E-state index is -0.865. The molecule has 0 radical (unpaired) electrons. The van der Waals surface area contributed by atoms with Gasteiger partial charge in [-0.25, -0.2) is 8.78 Å². The Morgan fingerprint density at radius 1 is 1.12 bits per heavy atom. The van der Waals surface area contributed by atoms with Crippen LogP contribution in [0.3, 0.4) is 0 Å². The molecule has 0 saturated carbocycles. The first-order valence-electron chi connectivity index (χ1n) is 10.9. The molecule has 34 heavy (non-hydrogen) atoms. The van der Waals surface area contributed by atoms with Crippen molar-refractivity contribution in [1.82, 2.24) is 25.1 Å². The van der Waals surface area contributed by atoms with Crippen molar-refractivity contribution in [3.05, 3.63) is 59.1 Å². The van der Waals surface area contributed by atoms with Gasteiger partial charge in [0.05, 0.1) is 12.3 Å². The molecular formula is C24H22ClF2N5O2. The first-order valence-corrected chi connectivity index (χ1v) is 11.3. The molecule has 10 heteroatoms. The van der Waals surface area contributed by atoms with Gasteiger partial charge in [0.1, 0.15) is 11.2 Å². The molecule has 0 bridgehead atoms. The minimum absolute atomic E-state index is 0.159. The van der Waals surface area contributed by atoms with Gasteiger partial charge >= 0.3 is 6.01 Å². The summed E-state index contributed by atoms with van der Waals surface area (Å²) in [6.07, 6.45) is 2.02. The number of benzene rings is 2. The number of aromatic amines is 1. The van der Waals surface area contributed by atoms with E-state index in [9.17, 15) is 8.78 Å². The monoisotopic (exact) mass is 485 g/mol. The lowest BCUT2D eigenvalue weighted by atomic mass is 9.98. The predicted molar refractivity (Wildman–Crippen MR) is 124 cm³/mol. The summed E-state index contributed by atoms with van der Waals surface area (Å²) in [5.41, 5.74) is 1.61. The third kappa shape index (κ3) is 4.67. The second-order valence-electron chi connectivity index (χ2n) is 8.32. The smallest absolute Gasteiger partial charge is 0.327 e. The Balaban J connectivity index is 1.53. The molecule has 2 aromatic carbocycles. The minimum Gasteiger partial charge on any atom is -0.477 e. The third-order valence-corrected chi connectivity index (χ3v) is 6.22. The average molecular weight is 486 g/mol. The van der Waals surface area contributed by atoms with Crippen LogP contribution in [0.2, 0.25) is 5.02 Å². The fraction of sp³-hybridized carbons (Fsp3) is 0.292.